The van der Waals surface area contributed by atoms with Crippen LogP contribution in [0.5, 0.6) is 0 Å². The van der Waals surface area contributed by atoms with Crippen molar-refractivity contribution in [3.63, 3.8) is 0 Å². The number of anilines is 1. The van der Waals surface area contributed by atoms with E-state index in [-0.39, 0.29) is 29.8 Å². The van der Waals surface area contributed by atoms with E-state index in [1.807, 2.05) is 68.4 Å². The molecule has 246 valence electrons. The second-order valence-electron chi connectivity index (χ2n) is 12.8. The first-order chi connectivity index (χ1) is 21.9. The minimum Gasteiger partial charge on any atom is -0.446 e. The number of hydrogen-bond donors (Lipinski definition) is 3. The maximum absolute atomic E-state index is 12.7. The van der Waals surface area contributed by atoms with Gasteiger partial charge in [0.2, 0.25) is 5.91 Å². The number of likely N-dealkylation sites (tertiary alicyclic amines) is 2. The summed E-state index contributed by atoms with van der Waals surface area (Å²) in [6, 6.07) is 18.0. The molecule has 4 rings (SSSR count). The topological polar surface area (TPSA) is 103 Å². The van der Waals surface area contributed by atoms with Crippen molar-refractivity contribution in [2.75, 3.05) is 57.7 Å². The summed E-state index contributed by atoms with van der Waals surface area (Å²) in [5, 5.41) is 9.28. The molecule has 45 heavy (non-hydrogen) atoms. The molecule has 0 aliphatic carbocycles. The minimum absolute atomic E-state index is 0.0947. The summed E-state index contributed by atoms with van der Waals surface area (Å²) >= 11 is 0. The Morgan fingerprint density at radius 1 is 0.822 bits per heavy atom. The van der Waals surface area contributed by atoms with Crippen molar-refractivity contribution in [3.8, 4) is 11.1 Å². The predicted octanol–water partition coefficient (Wildman–Crippen LogP) is 5.32. The van der Waals surface area contributed by atoms with Crippen molar-refractivity contribution in [1.82, 2.24) is 20.4 Å². The highest BCUT2D eigenvalue weighted by atomic mass is 16.6. The molecule has 2 amide bonds. The van der Waals surface area contributed by atoms with Gasteiger partial charge in [0.15, 0.2) is 0 Å². The van der Waals surface area contributed by atoms with Crippen molar-refractivity contribution in [1.29, 1.82) is 0 Å². The number of carbonyl (C=O) groups is 3. The molecule has 0 aromatic heterocycles. The minimum atomic E-state index is -0.412. The van der Waals surface area contributed by atoms with Crippen LogP contribution in [0.2, 0.25) is 0 Å². The summed E-state index contributed by atoms with van der Waals surface area (Å²) in [5.41, 5.74) is 2.76. The van der Waals surface area contributed by atoms with Gasteiger partial charge in [0.25, 0.3) is 0 Å². The lowest BCUT2D eigenvalue weighted by Gasteiger charge is -2.31. The summed E-state index contributed by atoms with van der Waals surface area (Å²) in [7, 11) is 0. The van der Waals surface area contributed by atoms with Gasteiger partial charge in [-0.3, -0.25) is 14.9 Å². The number of hydrogen-bond acceptors (Lipinski definition) is 7. The summed E-state index contributed by atoms with van der Waals surface area (Å²) in [6.07, 6.45) is 6.72. The molecule has 0 atom stereocenters. The highest BCUT2D eigenvalue weighted by molar-refractivity contribution is 5.91. The van der Waals surface area contributed by atoms with Gasteiger partial charge < -0.3 is 25.2 Å². The Balaban J connectivity index is 0.995. The molecule has 0 spiro atoms. The zero-order valence-electron chi connectivity index (χ0n) is 27.3. The smallest absolute Gasteiger partial charge is 0.411 e. The summed E-state index contributed by atoms with van der Waals surface area (Å²) < 4.78 is 5.75. The SMILES string of the molecule is CC(C)NC(=O)C1CCN(CCCCCC(=O)CNCCN2CCC(OC(=O)Nc3ccccc3-c3ccccc3)CC2)CC1. The Hall–Kier alpha value is -3.27. The third-order valence-electron chi connectivity index (χ3n) is 8.80. The Labute approximate surface area is 269 Å². The van der Waals surface area contributed by atoms with Crippen LogP contribution < -0.4 is 16.0 Å². The molecule has 2 aromatic rings. The second-order valence-corrected chi connectivity index (χ2v) is 12.8. The molecular formula is C36H53N5O4. The fourth-order valence-electron chi connectivity index (χ4n) is 6.21. The lowest BCUT2D eigenvalue weighted by molar-refractivity contribution is -0.127. The number of ether oxygens (including phenoxy) is 1. The van der Waals surface area contributed by atoms with Gasteiger partial charge in [0.1, 0.15) is 11.9 Å². The van der Waals surface area contributed by atoms with Gasteiger partial charge in [-0.15, -0.1) is 0 Å². The quantitative estimate of drug-likeness (QED) is 0.219. The van der Waals surface area contributed by atoms with Gasteiger partial charge in [-0.05, 0) is 83.6 Å². The van der Waals surface area contributed by atoms with E-state index in [0.29, 0.717) is 13.0 Å². The monoisotopic (exact) mass is 619 g/mol. The molecule has 0 saturated carbocycles. The van der Waals surface area contributed by atoms with Crippen LogP contribution in [0.25, 0.3) is 11.1 Å². The van der Waals surface area contributed by atoms with Crippen LogP contribution in [0, 0.1) is 5.92 Å². The third-order valence-corrected chi connectivity index (χ3v) is 8.80. The number of benzene rings is 2. The zero-order chi connectivity index (χ0) is 31.9. The average Bonchev–Trinajstić information content (AvgIpc) is 3.04. The molecule has 2 aliphatic rings. The van der Waals surface area contributed by atoms with E-state index < -0.39 is 6.09 Å². The van der Waals surface area contributed by atoms with E-state index in [1.165, 1.54) is 0 Å². The van der Waals surface area contributed by atoms with Crippen LogP contribution in [-0.2, 0) is 14.3 Å². The van der Waals surface area contributed by atoms with E-state index in [2.05, 4.69) is 25.8 Å². The molecule has 9 nitrogen and oxygen atoms in total. The molecule has 3 N–H and O–H groups in total. The number of unbranched alkanes of at least 4 members (excludes halogenated alkanes) is 2. The van der Waals surface area contributed by atoms with Crippen molar-refractivity contribution >= 4 is 23.5 Å². The van der Waals surface area contributed by atoms with Crippen molar-refractivity contribution < 1.29 is 19.1 Å². The molecule has 9 heteroatoms. The van der Waals surface area contributed by atoms with Crippen molar-refractivity contribution in [2.24, 2.45) is 5.92 Å². The maximum atomic E-state index is 12.7. The number of rotatable bonds is 16. The van der Waals surface area contributed by atoms with Gasteiger partial charge in [-0.25, -0.2) is 4.79 Å². The Bertz CT molecular complexity index is 1190. The number of Topliss-reactive ketones (excluding diaryl/α,β-unsaturated/α-hetero) is 1. The lowest BCUT2D eigenvalue weighted by Crippen LogP contribution is -2.42. The van der Waals surface area contributed by atoms with Crippen molar-refractivity contribution in [3.05, 3.63) is 54.6 Å². The summed E-state index contributed by atoms with van der Waals surface area (Å²) in [6.45, 7) is 10.9. The Morgan fingerprint density at radius 2 is 1.49 bits per heavy atom. The number of amides is 2. The first-order valence-corrected chi connectivity index (χ1v) is 17.0. The first kappa shape index (κ1) is 34.6. The second kappa shape index (κ2) is 18.6. The number of nitrogens with one attached hydrogen (secondary N) is 3. The van der Waals surface area contributed by atoms with E-state index in [4.69, 9.17) is 4.74 Å². The number of ketones is 1. The van der Waals surface area contributed by atoms with Gasteiger partial charge in [0, 0.05) is 50.1 Å². The Morgan fingerprint density at radius 3 is 2.22 bits per heavy atom. The standard InChI is InChI=1S/C36H53N5O4/c1-28(2)38-35(43)30-16-22-40(23-17-30)21-10-4-7-13-31(42)27-37-20-26-41-24-18-32(19-25-41)45-36(44)39-34-15-9-8-14-33(34)29-11-5-3-6-12-29/h3,5-6,8-9,11-12,14-15,28,30,32,37H,4,7,10,13,16-27H2,1-2H3,(H,38,43)(H,39,44). The van der Waals surface area contributed by atoms with Gasteiger partial charge >= 0.3 is 6.09 Å². The van der Waals surface area contributed by atoms with E-state index in [0.717, 1.165) is 108 Å². The highest BCUT2D eigenvalue weighted by Crippen LogP contribution is 2.28. The van der Waals surface area contributed by atoms with Crippen LogP contribution in [0.4, 0.5) is 10.5 Å². The normalized spacial score (nSPS) is 16.9. The van der Waals surface area contributed by atoms with Crippen LogP contribution >= 0.6 is 0 Å². The van der Waals surface area contributed by atoms with Crippen LogP contribution in [-0.4, -0.2) is 92.1 Å². The molecule has 2 fully saturated rings. The zero-order valence-corrected chi connectivity index (χ0v) is 27.3. The molecular weight excluding hydrogens is 566 g/mol. The fraction of sp³-hybridized carbons (Fsp3) is 0.583. The summed E-state index contributed by atoms with van der Waals surface area (Å²) in [4.78, 5) is 42.0. The van der Waals surface area contributed by atoms with Crippen LogP contribution in [0.3, 0.4) is 0 Å². The molecule has 2 aromatic carbocycles. The predicted molar refractivity (Wildman–Crippen MR) is 180 cm³/mol. The van der Waals surface area contributed by atoms with Gasteiger partial charge in [-0.2, -0.15) is 0 Å². The third kappa shape index (κ3) is 12.2. The first-order valence-electron chi connectivity index (χ1n) is 17.0. The Kier molecular flexibility index (Phi) is 14.3. The molecule has 0 unspecified atom stereocenters. The molecule has 0 bridgehead atoms. The number of nitrogens with zero attached hydrogens (tertiary/aromatic N) is 2. The summed E-state index contributed by atoms with van der Waals surface area (Å²) in [5.74, 6) is 0.635. The average molecular weight is 620 g/mol. The van der Waals surface area contributed by atoms with Gasteiger partial charge in [-0.1, -0.05) is 55.0 Å². The maximum Gasteiger partial charge on any atom is 0.411 e. The number of carbonyl (C=O) groups excluding carboxylic acids is 3. The van der Waals surface area contributed by atoms with Gasteiger partial charge in [0.05, 0.1) is 12.2 Å². The highest BCUT2D eigenvalue weighted by Gasteiger charge is 2.25. The molecule has 0 radical (unpaired) electrons. The van der Waals surface area contributed by atoms with E-state index in [1.54, 1.807) is 0 Å². The molecule has 2 heterocycles. The van der Waals surface area contributed by atoms with Crippen molar-refractivity contribution in [2.45, 2.75) is 77.4 Å². The fourth-order valence-corrected chi connectivity index (χ4v) is 6.21. The van der Waals surface area contributed by atoms with E-state index in [9.17, 15) is 14.4 Å². The van der Waals surface area contributed by atoms with Crippen LogP contribution in [0.15, 0.2) is 54.6 Å². The van der Waals surface area contributed by atoms with Crippen LogP contribution in [0.1, 0.15) is 65.2 Å². The molecule has 2 aliphatic heterocycles. The largest absolute Gasteiger partial charge is 0.446 e. The molecule has 2 saturated heterocycles. The lowest BCUT2D eigenvalue weighted by atomic mass is 9.95. The number of para-hydroxylation sites is 1. The number of piperidine rings is 2. The van der Waals surface area contributed by atoms with E-state index >= 15 is 0 Å².